The number of halogens is 1. The van der Waals surface area contributed by atoms with Crippen LogP contribution < -0.4 is 16.0 Å². The molecular weight excluding hydrogens is 402 g/mol. The highest BCUT2D eigenvalue weighted by atomic mass is 35.5. The minimum Gasteiger partial charge on any atom is -0.350 e. The lowest BCUT2D eigenvalue weighted by Gasteiger charge is -2.08. The molecule has 0 aliphatic rings. The van der Waals surface area contributed by atoms with Crippen LogP contribution in [0.25, 0.3) is 11.0 Å². The molecule has 0 fully saturated rings. The van der Waals surface area contributed by atoms with Gasteiger partial charge in [0.25, 0.3) is 0 Å². The summed E-state index contributed by atoms with van der Waals surface area (Å²) in [5, 5.41) is 9.74. The Morgan fingerprint density at radius 2 is 1.70 bits per heavy atom. The topological polar surface area (TPSA) is 98.9 Å². The number of hydrogen-bond donors (Lipinski definition) is 4. The number of carbonyl (C=O) groups excluding carboxylic acids is 2. The Balaban J connectivity index is 0.000000456. The molecule has 2 amide bonds. The van der Waals surface area contributed by atoms with Crippen molar-refractivity contribution in [2.75, 3.05) is 19.6 Å². The summed E-state index contributed by atoms with van der Waals surface area (Å²) in [4.78, 5) is 30.5. The van der Waals surface area contributed by atoms with Crippen molar-refractivity contribution >= 4 is 34.4 Å². The number of aromatic nitrogens is 2. The Hall–Kier alpha value is -2.90. The van der Waals surface area contributed by atoms with Gasteiger partial charge < -0.3 is 20.9 Å². The van der Waals surface area contributed by atoms with Crippen LogP contribution in [-0.2, 0) is 16.1 Å². The zero-order chi connectivity index (χ0) is 21.6. The largest absolute Gasteiger partial charge is 0.350 e. The molecule has 0 aliphatic heterocycles. The lowest BCUT2D eigenvalue weighted by Crippen LogP contribution is -2.40. The Labute approximate surface area is 181 Å². The van der Waals surface area contributed by atoms with Crippen LogP contribution in [0.3, 0.4) is 0 Å². The lowest BCUT2D eigenvalue weighted by atomic mass is 10.2. The van der Waals surface area contributed by atoms with Gasteiger partial charge in [-0.3, -0.25) is 9.59 Å². The monoisotopic (exact) mass is 429 g/mol. The summed E-state index contributed by atoms with van der Waals surface area (Å²) in [6, 6.07) is 13.9. The van der Waals surface area contributed by atoms with Gasteiger partial charge in [-0.1, -0.05) is 61.3 Å². The van der Waals surface area contributed by atoms with E-state index < -0.39 is 0 Å². The fraction of sp³-hybridized carbons (Fsp3) is 0.318. The summed E-state index contributed by atoms with van der Waals surface area (Å²) < 4.78 is 0. The SMILES string of the molecule is CCCCNCC(=O)NCC(=O)NCc1cnc2[nH]cc(Cl)c2c1.c1ccccc1. The van der Waals surface area contributed by atoms with Gasteiger partial charge in [0, 0.05) is 24.3 Å². The van der Waals surface area contributed by atoms with Crippen LogP contribution in [0.15, 0.2) is 54.9 Å². The number of amides is 2. The van der Waals surface area contributed by atoms with Crippen molar-refractivity contribution in [1.29, 1.82) is 0 Å². The van der Waals surface area contributed by atoms with Gasteiger partial charge in [0.05, 0.1) is 18.1 Å². The summed E-state index contributed by atoms with van der Waals surface area (Å²) in [6.45, 7) is 3.39. The number of nitrogens with zero attached hydrogens (tertiary/aromatic N) is 1. The summed E-state index contributed by atoms with van der Waals surface area (Å²) >= 11 is 6.04. The zero-order valence-corrected chi connectivity index (χ0v) is 17.8. The number of aromatic amines is 1. The molecule has 7 nitrogen and oxygen atoms in total. The van der Waals surface area contributed by atoms with E-state index in [2.05, 4.69) is 32.8 Å². The third kappa shape index (κ3) is 8.63. The molecule has 2 heterocycles. The molecular formula is C22H28ClN5O2. The van der Waals surface area contributed by atoms with Gasteiger partial charge in [-0.05, 0) is 24.6 Å². The van der Waals surface area contributed by atoms with Crippen LogP contribution in [-0.4, -0.2) is 41.4 Å². The fourth-order valence-electron chi connectivity index (χ4n) is 2.50. The molecule has 0 saturated heterocycles. The van der Waals surface area contributed by atoms with Gasteiger partial charge in [-0.15, -0.1) is 0 Å². The standard InChI is InChI=1S/C16H22ClN5O2.C6H6/c1-2-3-4-18-9-14(23)20-10-15(24)19-6-11-5-12-13(17)8-22-16(12)21-7-11;1-2-4-6-5-3-1/h5,7-8,18H,2-4,6,9-10H2,1H3,(H,19,24)(H,20,23)(H,21,22);1-6H. The van der Waals surface area contributed by atoms with E-state index >= 15 is 0 Å². The van der Waals surface area contributed by atoms with E-state index in [-0.39, 0.29) is 24.9 Å². The average molecular weight is 430 g/mol. The maximum atomic E-state index is 11.8. The first kappa shape index (κ1) is 23.4. The predicted molar refractivity (Wildman–Crippen MR) is 120 cm³/mol. The number of benzene rings is 1. The van der Waals surface area contributed by atoms with Crippen LogP contribution in [0.5, 0.6) is 0 Å². The zero-order valence-electron chi connectivity index (χ0n) is 17.1. The molecule has 0 aliphatic carbocycles. The fourth-order valence-corrected chi connectivity index (χ4v) is 2.70. The first-order valence-corrected chi connectivity index (χ1v) is 10.3. The molecule has 160 valence electrons. The molecule has 0 unspecified atom stereocenters. The summed E-state index contributed by atoms with van der Waals surface area (Å²) in [6.07, 6.45) is 5.44. The second-order valence-electron chi connectivity index (χ2n) is 6.61. The third-order valence-corrected chi connectivity index (χ3v) is 4.45. The quantitative estimate of drug-likeness (QED) is 0.393. The van der Waals surface area contributed by atoms with Crippen molar-refractivity contribution in [2.45, 2.75) is 26.3 Å². The number of rotatable bonds is 9. The number of pyridine rings is 1. The van der Waals surface area contributed by atoms with Gasteiger partial charge in [0.2, 0.25) is 11.8 Å². The lowest BCUT2D eigenvalue weighted by molar-refractivity contribution is -0.125. The van der Waals surface area contributed by atoms with Crippen molar-refractivity contribution in [2.24, 2.45) is 0 Å². The van der Waals surface area contributed by atoms with Crippen molar-refractivity contribution in [3.63, 3.8) is 0 Å². The Morgan fingerprint density at radius 3 is 2.37 bits per heavy atom. The maximum absolute atomic E-state index is 11.8. The molecule has 30 heavy (non-hydrogen) atoms. The first-order valence-electron chi connectivity index (χ1n) is 9.95. The van der Waals surface area contributed by atoms with Crippen LogP contribution >= 0.6 is 11.6 Å². The highest BCUT2D eigenvalue weighted by molar-refractivity contribution is 6.35. The number of nitrogens with one attached hydrogen (secondary N) is 4. The van der Waals surface area contributed by atoms with Crippen LogP contribution in [0, 0.1) is 0 Å². The molecule has 0 radical (unpaired) electrons. The Morgan fingerprint density at radius 1 is 1.03 bits per heavy atom. The molecule has 2 aromatic heterocycles. The minimum absolute atomic E-state index is 0.0468. The van der Waals surface area contributed by atoms with Gasteiger partial charge >= 0.3 is 0 Å². The van der Waals surface area contributed by atoms with Crippen molar-refractivity contribution in [3.05, 3.63) is 65.4 Å². The van der Waals surface area contributed by atoms with E-state index in [4.69, 9.17) is 11.6 Å². The number of fused-ring (bicyclic) bond motifs is 1. The number of unbranched alkanes of at least 4 members (excludes halogenated alkanes) is 1. The third-order valence-electron chi connectivity index (χ3n) is 4.13. The van der Waals surface area contributed by atoms with E-state index in [9.17, 15) is 9.59 Å². The molecule has 0 saturated carbocycles. The Bertz CT molecular complexity index is 888. The van der Waals surface area contributed by atoms with E-state index in [1.807, 2.05) is 42.5 Å². The van der Waals surface area contributed by atoms with Crippen molar-refractivity contribution in [3.8, 4) is 0 Å². The van der Waals surface area contributed by atoms with Crippen LogP contribution in [0.2, 0.25) is 5.02 Å². The molecule has 4 N–H and O–H groups in total. The van der Waals surface area contributed by atoms with Gasteiger partial charge in [0.1, 0.15) is 5.65 Å². The van der Waals surface area contributed by atoms with E-state index in [1.165, 1.54) is 0 Å². The first-order chi connectivity index (χ1) is 14.6. The highest BCUT2D eigenvalue weighted by Gasteiger charge is 2.07. The summed E-state index contributed by atoms with van der Waals surface area (Å²) in [7, 11) is 0. The summed E-state index contributed by atoms with van der Waals surface area (Å²) in [5.74, 6) is -0.444. The summed E-state index contributed by atoms with van der Waals surface area (Å²) in [5.41, 5.74) is 1.54. The molecule has 1 aromatic carbocycles. The van der Waals surface area contributed by atoms with E-state index in [0.29, 0.717) is 17.2 Å². The van der Waals surface area contributed by atoms with Crippen LogP contribution in [0.4, 0.5) is 0 Å². The molecule has 3 rings (SSSR count). The normalized spacial score (nSPS) is 10.2. The van der Waals surface area contributed by atoms with E-state index in [0.717, 1.165) is 30.3 Å². The smallest absolute Gasteiger partial charge is 0.239 e. The highest BCUT2D eigenvalue weighted by Crippen LogP contribution is 2.21. The number of hydrogen-bond acceptors (Lipinski definition) is 4. The minimum atomic E-state index is -0.253. The van der Waals surface area contributed by atoms with Crippen molar-refractivity contribution < 1.29 is 9.59 Å². The molecule has 8 heteroatoms. The number of H-pyrrole nitrogens is 1. The molecule has 0 bridgehead atoms. The van der Waals surface area contributed by atoms with Crippen LogP contribution in [0.1, 0.15) is 25.3 Å². The van der Waals surface area contributed by atoms with Gasteiger partial charge in [-0.2, -0.15) is 0 Å². The molecule has 0 spiro atoms. The average Bonchev–Trinajstić information content (AvgIpc) is 3.15. The number of carbonyl (C=O) groups is 2. The van der Waals surface area contributed by atoms with Gasteiger partial charge in [0.15, 0.2) is 0 Å². The van der Waals surface area contributed by atoms with Gasteiger partial charge in [-0.25, -0.2) is 4.98 Å². The maximum Gasteiger partial charge on any atom is 0.239 e. The Kier molecular flexibility index (Phi) is 10.4. The molecule has 0 atom stereocenters. The second-order valence-corrected chi connectivity index (χ2v) is 7.02. The molecule has 3 aromatic rings. The van der Waals surface area contributed by atoms with Crippen molar-refractivity contribution in [1.82, 2.24) is 25.9 Å². The predicted octanol–water partition coefficient (Wildman–Crippen LogP) is 3.03. The second kappa shape index (κ2) is 13.3. The van der Waals surface area contributed by atoms with E-state index in [1.54, 1.807) is 12.4 Å².